The largest absolute Gasteiger partial charge is 0.395 e. The van der Waals surface area contributed by atoms with Gasteiger partial charge in [0, 0.05) is 48.2 Å². The number of aliphatic hydroxyl groups is 1. The standard InChI is InChI=1S/C15H19N3OS/c1-17(11-15-16-6-7-18(15)2)10-14-9-13(12-20-14)5-3-4-8-19/h6-7,9,12,19H,4,8,10-11H2,1-2H3. The van der Waals surface area contributed by atoms with Crippen molar-refractivity contribution in [1.29, 1.82) is 0 Å². The molecule has 0 fully saturated rings. The minimum absolute atomic E-state index is 0.121. The second kappa shape index (κ2) is 7.25. The van der Waals surface area contributed by atoms with Crippen molar-refractivity contribution in [2.24, 2.45) is 7.05 Å². The van der Waals surface area contributed by atoms with Crippen LogP contribution in [0.25, 0.3) is 0 Å². The molecular formula is C15H19N3OS. The number of imidazole rings is 1. The summed E-state index contributed by atoms with van der Waals surface area (Å²) in [6, 6.07) is 2.12. The summed E-state index contributed by atoms with van der Waals surface area (Å²) in [7, 11) is 4.10. The van der Waals surface area contributed by atoms with Crippen LogP contribution in [0.5, 0.6) is 0 Å². The third-order valence-corrected chi connectivity index (χ3v) is 3.80. The third-order valence-electron chi connectivity index (χ3n) is 2.88. The monoisotopic (exact) mass is 289 g/mol. The number of aromatic nitrogens is 2. The van der Waals surface area contributed by atoms with Crippen LogP contribution in [0.4, 0.5) is 0 Å². The van der Waals surface area contributed by atoms with Crippen molar-refractivity contribution in [3.8, 4) is 11.8 Å². The van der Waals surface area contributed by atoms with E-state index in [0.717, 1.165) is 24.5 Å². The molecule has 0 spiro atoms. The molecular weight excluding hydrogens is 270 g/mol. The number of rotatable bonds is 5. The molecule has 0 aliphatic rings. The SMILES string of the molecule is CN(Cc1cc(C#CCCO)cs1)Cc1nccn1C. The van der Waals surface area contributed by atoms with E-state index >= 15 is 0 Å². The highest BCUT2D eigenvalue weighted by Gasteiger charge is 2.06. The molecule has 0 saturated heterocycles. The maximum atomic E-state index is 8.70. The second-order valence-corrected chi connectivity index (χ2v) is 5.70. The van der Waals surface area contributed by atoms with Gasteiger partial charge in [-0.05, 0) is 13.1 Å². The Morgan fingerprint density at radius 3 is 3.00 bits per heavy atom. The van der Waals surface area contributed by atoms with Gasteiger partial charge in [0.2, 0.25) is 0 Å². The van der Waals surface area contributed by atoms with E-state index in [9.17, 15) is 0 Å². The Balaban J connectivity index is 1.90. The van der Waals surface area contributed by atoms with E-state index in [-0.39, 0.29) is 6.61 Å². The van der Waals surface area contributed by atoms with Crippen molar-refractivity contribution in [3.63, 3.8) is 0 Å². The highest BCUT2D eigenvalue weighted by Crippen LogP contribution is 2.16. The molecule has 0 aliphatic heterocycles. The molecule has 106 valence electrons. The minimum atomic E-state index is 0.121. The van der Waals surface area contributed by atoms with E-state index in [1.54, 1.807) is 11.3 Å². The third kappa shape index (κ3) is 4.20. The fourth-order valence-electron chi connectivity index (χ4n) is 1.86. The average Bonchev–Trinajstić information content (AvgIpc) is 3.00. The molecule has 5 heteroatoms. The summed E-state index contributed by atoms with van der Waals surface area (Å²) in [5, 5.41) is 10.8. The Kier molecular flexibility index (Phi) is 5.36. The molecule has 20 heavy (non-hydrogen) atoms. The van der Waals surface area contributed by atoms with Crippen LogP contribution in [-0.4, -0.2) is 33.2 Å². The van der Waals surface area contributed by atoms with E-state index < -0.39 is 0 Å². The number of aryl methyl sites for hydroxylation is 1. The normalized spacial score (nSPS) is 10.6. The first kappa shape index (κ1) is 14.8. The van der Waals surface area contributed by atoms with E-state index in [4.69, 9.17) is 5.11 Å². The molecule has 4 nitrogen and oxygen atoms in total. The van der Waals surface area contributed by atoms with E-state index in [2.05, 4.69) is 40.2 Å². The molecule has 0 unspecified atom stereocenters. The number of nitrogens with zero attached hydrogens (tertiary/aromatic N) is 3. The van der Waals surface area contributed by atoms with Crippen molar-refractivity contribution in [2.45, 2.75) is 19.5 Å². The molecule has 2 aromatic rings. The van der Waals surface area contributed by atoms with Gasteiger partial charge in [-0.3, -0.25) is 4.90 Å². The van der Waals surface area contributed by atoms with Crippen molar-refractivity contribution >= 4 is 11.3 Å². The van der Waals surface area contributed by atoms with Gasteiger partial charge in [0.05, 0.1) is 13.2 Å². The molecule has 2 rings (SSSR count). The highest BCUT2D eigenvalue weighted by atomic mass is 32.1. The summed E-state index contributed by atoms with van der Waals surface area (Å²) in [5.41, 5.74) is 1.03. The Labute approximate surface area is 123 Å². The number of thiophene rings is 1. The number of aliphatic hydroxyl groups excluding tert-OH is 1. The van der Waals surface area contributed by atoms with Crippen LogP contribution in [0.3, 0.4) is 0 Å². The van der Waals surface area contributed by atoms with Crippen LogP contribution in [0, 0.1) is 11.8 Å². The van der Waals surface area contributed by atoms with Crippen LogP contribution in [-0.2, 0) is 20.1 Å². The molecule has 0 atom stereocenters. The quantitative estimate of drug-likeness (QED) is 0.854. The first-order chi connectivity index (χ1) is 9.69. The molecule has 0 radical (unpaired) electrons. The summed E-state index contributed by atoms with van der Waals surface area (Å²) in [6.07, 6.45) is 4.32. The molecule has 0 bridgehead atoms. The average molecular weight is 289 g/mol. The lowest BCUT2D eigenvalue weighted by Crippen LogP contribution is -2.18. The molecule has 0 aromatic carbocycles. The van der Waals surface area contributed by atoms with Gasteiger partial charge < -0.3 is 9.67 Å². The lowest BCUT2D eigenvalue weighted by atomic mass is 10.3. The van der Waals surface area contributed by atoms with E-state index in [1.165, 1.54) is 4.88 Å². The predicted molar refractivity (Wildman–Crippen MR) is 81.3 cm³/mol. The van der Waals surface area contributed by atoms with Crippen molar-refractivity contribution < 1.29 is 5.11 Å². The van der Waals surface area contributed by atoms with Crippen LogP contribution >= 0.6 is 11.3 Å². The lowest BCUT2D eigenvalue weighted by molar-refractivity contribution is 0.305. The maximum absolute atomic E-state index is 8.70. The fraction of sp³-hybridized carbons (Fsp3) is 0.400. The zero-order valence-electron chi connectivity index (χ0n) is 11.8. The van der Waals surface area contributed by atoms with E-state index in [1.807, 2.05) is 24.0 Å². The van der Waals surface area contributed by atoms with Crippen LogP contribution in [0.1, 0.15) is 22.7 Å². The van der Waals surface area contributed by atoms with Gasteiger partial charge >= 0.3 is 0 Å². The summed E-state index contributed by atoms with van der Waals surface area (Å²) in [4.78, 5) is 7.85. The molecule has 0 aliphatic carbocycles. The van der Waals surface area contributed by atoms with E-state index in [0.29, 0.717) is 6.42 Å². The van der Waals surface area contributed by atoms with Gasteiger partial charge in [-0.25, -0.2) is 4.98 Å². The fourth-order valence-corrected chi connectivity index (χ4v) is 2.76. The summed E-state index contributed by atoms with van der Waals surface area (Å²) < 4.78 is 2.04. The smallest absolute Gasteiger partial charge is 0.122 e. The Hall–Kier alpha value is -1.61. The number of hydrogen-bond acceptors (Lipinski definition) is 4. The highest BCUT2D eigenvalue weighted by molar-refractivity contribution is 7.10. The first-order valence-electron chi connectivity index (χ1n) is 6.51. The van der Waals surface area contributed by atoms with Crippen LogP contribution in [0.2, 0.25) is 0 Å². The number of hydrogen-bond donors (Lipinski definition) is 1. The molecule has 2 aromatic heterocycles. The molecule has 0 saturated carbocycles. The van der Waals surface area contributed by atoms with Crippen molar-refractivity contribution in [2.75, 3.05) is 13.7 Å². The van der Waals surface area contributed by atoms with Crippen molar-refractivity contribution in [3.05, 3.63) is 40.1 Å². The second-order valence-electron chi connectivity index (χ2n) is 4.70. The summed E-state index contributed by atoms with van der Waals surface area (Å²) in [5.74, 6) is 7.06. The van der Waals surface area contributed by atoms with Crippen molar-refractivity contribution in [1.82, 2.24) is 14.5 Å². The molecule has 0 amide bonds. The van der Waals surface area contributed by atoms with Gasteiger partial charge in [-0.1, -0.05) is 11.8 Å². The predicted octanol–water partition coefficient (Wildman–Crippen LogP) is 1.85. The minimum Gasteiger partial charge on any atom is -0.395 e. The molecule has 2 heterocycles. The first-order valence-corrected chi connectivity index (χ1v) is 7.39. The van der Waals surface area contributed by atoms with Gasteiger partial charge in [0.1, 0.15) is 5.82 Å². The van der Waals surface area contributed by atoms with Gasteiger partial charge in [-0.15, -0.1) is 11.3 Å². The Morgan fingerprint density at radius 1 is 1.45 bits per heavy atom. The van der Waals surface area contributed by atoms with Crippen LogP contribution < -0.4 is 0 Å². The Morgan fingerprint density at radius 2 is 2.30 bits per heavy atom. The maximum Gasteiger partial charge on any atom is 0.122 e. The summed E-state index contributed by atoms with van der Waals surface area (Å²) >= 11 is 1.72. The Bertz CT molecular complexity index is 606. The lowest BCUT2D eigenvalue weighted by Gasteiger charge is -2.14. The summed E-state index contributed by atoms with van der Waals surface area (Å²) in [6.45, 7) is 1.84. The van der Waals surface area contributed by atoms with Gasteiger partial charge in [-0.2, -0.15) is 0 Å². The molecule has 1 N–H and O–H groups in total. The van der Waals surface area contributed by atoms with Gasteiger partial charge in [0.15, 0.2) is 0 Å². The zero-order valence-corrected chi connectivity index (χ0v) is 12.7. The van der Waals surface area contributed by atoms with Gasteiger partial charge in [0.25, 0.3) is 0 Å². The van der Waals surface area contributed by atoms with Crippen LogP contribution in [0.15, 0.2) is 23.8 Å². The zero-order chi connectivity index (χ0) is 14.4. The topological polar surface area (TPSA) is 41.3 Å².